The molecule has 0 radical (unpaired) electrons. The van der Waals surface area contributed by atoms with Gasteiger partial charge in [0.15, 0.2) is 12.4 Å². The van der Waals surface area contributed by atoms with Crippen LogP contribution in [0.2, 0.25) is 5.02 Å². The number of rotatable bonds is 10. The molecule has 6 nitrogen and oxygen atoms in total. The summed E-state index contributed by atoms with van der Waals surface area (Å²) in [6, 6.07) is 3.91. The first-order valence-electron chi connectivity index (χ1n) is 10.2. The van der Waals surface area contributed by atoms with Crippen LogP contribution in [0, 0.1) is 11.2 Å². The molecule has 0 saturated heterocycles. The molecule has 0 atom stereocenters. The largest absolute Gasteiger partial charge is 0.522 e. The minimum Gasteiger partial charge on any atom is -0.484 e. The summed E-state index contributed by atoms with van der Waals surface area (Å²) in [5, 5.41) is 2.88. The Morgan fingerprint density at radius 3 is 2.44 bits per heavy atom. The van der Waals surface area contributed by atoms with Gasteiger partial charge in [-0.05, 0) is 36.8 Å². The van der Waals surface area contributed by atoms with Gasteiger partial charge in [-0.25, -0.2) is 4.39 Å². The third-order valence-electron chi connectivity index (χ3n) is 6.21. The first-order chi connectivity index (χ1) is 14.9. The fourth-order valence-electron chi connectivity index (χ4n) is 4.98. The maximum atomic E-state index is 13.4. The number of nitrogens with one attached hydrogen (secondary N) is 1. The lowest BCUT2D eigenvalue weighted by atomic mass is 9.38. The summed E-state index contributed by atoms with van der Waals surface area (Å²) >= 11 is 5.60. The summed E-state index contributed by atoms with van der Waals surface area (Å²) in [6.45, 7) is -0.390. The zero-order valence-electron chi connectivity index (χ0n) is 17.0. The molecule has 11 heteroatoms. The van der Waals surface area contributed by atoms with Crippen molar-refractivity contribution in [1.29, 1.82) is 0 Å². The van der Waals surface area contributed by atoms with Crippen molar-refractivity contribution in [1.82, 2.24) is 5.32 Å². The molecule has 4 aliphatic carbocycles. The van der Waals surface area contributed by atoms with E-state index in [0.717, 1.165) is 6.07 Å². The van der Waals surface area contributed by atoms with Crippen LogP contribution < -0.4 is 10.1 Å². The van der Waals surface area contributed by atoms with Crippen molar-refractivity contribution < 1.29 is 41.4 Å². The Labute approximate surface area is 186 Å². The van der Waals surface area contributed by atoms with Gasteiger partial charge in [-0.2, -0.15) is 0 Å². The number of amides is 1. The first kappa shape index (κ1) is 23.3. The molecule has 1 aromatic rings. The number of alkyl halides is 3. The van der Waals surface area contributed by atoms with E-state index in [4.69, 9.17) is 21.1 Å². The van der Waals surface area contributed by atoms with Crippen molar-refractivity contribution in [3.8, 4) is 5.75 Å². The van der Waals surface area contributed by atoms with Gasteiger partial charge in [0, 0.05) is 30.9 Å². The van der Waals surface area contributed by atoms with Crippen LogP contribution >= 0.6 is 11.6 Å². The number of hydrogen-bond acceptors (Lipinski definition) is 5. The van der Waals surface area contributed by atoms with E-state index >= 15 is 0 Å². The molecule has 0 spiro atoms. The van der Waals surface area contributed by atoms with E-state index in [1.807, 2.05) is 0 Å². The molecule has 176 valence electrons. The molecule has 0 aromatic heterocycles. The molecular weight excluding hydrogens is 458 g/mol. The number of halogens is 5. The van der Waals surface area contributed by atoms with Crippen molar-refractivity contribution in [2.45, 2.75) is 62.6 Å². The van der Waals surface area contributed by atoms with E-state index in [9.17, 15) is 27.2 Å². The van der Waals surface area contributed by atoms with Crippen molar-refractivity contribution in [2.24, 2.45) is 5.41 Å². The molecule has 4 fully saturated rings. The summed E-state index contributed by atoms with van der Waals surface area (Å²) in [6.07, 6.45) is -3.34. The number of ketones is 1. The smallest absolute Gasteiger partial charge is 0.484 e. The van der Waals surface area contributed by atoms with Crippen LogP contribution in [-0.2, 0) is 19.1 Å². The van der Waals surface area contributed by atoms with Crippen molar-refractivity contribution >= 4 is 23.3 Å². The summed E-state index contributed by atoms with van der Waals surface area (Å²) in [5.41, 5.74) is -0.474. The Balaban J connectivity index is 1.10. The molecule has 4 aliphatic rings. The fourth-order valence-corrected chi connectivity index (χ4v) is 5.10. The lowest BCUT2D eigenvalue weighted by molar-refractivity contribution is -0.357. The second-order valence-corrected chi connectivity index (χ2v) is 9.44. The van der Waals surface area contributed by atoms with E-state index in [1.54, 1.807) is 0 Å². The third kappa shape index (κ3) is 5.35. The van der Waals surface area contributed by atoms with Crippen LogP contribution in [0.4, 0.5) is 17.6 Å². The molecule has 2 bridgehead atoms. The molecule has 32 heavy (non-hydrogen) atoms. The van der Waals surface area contributed by atoms with Crippen LogP contribution in [-0.4, -0.2) is 49.0 Å². The summed E-state index contributed by atoms with van der Waals surface area (Å²) < 4.78 is 64.2. The van der Waals surface area contributed by atoms with E-state index in [2.05, 4.69) is 10.1 Å². The van der Waals surface area contributed by atoms with Gasteiger partial charge in [0.05, 0.1) is 17.2 Å². The molecule has 1 amide bonds. The van der Waals surface area contributed by atoms with Gasteiger partial charge < -0.3 is 14.8 Å². The van der Waals surface area contributed by atoms with Crippen LogP contribution in [0.25, 0.3) is 0 Å². The number of carbonyl (C=O) groups is 2. The van der Waals surface area contributed by atoms with E-state index < -0.39 is 18.3 Å². The van der Waals surface area contributed by atoms with Crippen LogP contribution in [0.5, 0.6) is 5.75 Å². The van der Waals surface area contributed by atoms with E-state index in [1.165, 1.54) is 12.1 Å². The zero-order chi connectivity index (χ0) is 23.1. The Morgan fingerprint density at radius 2 is 1.81 bits per heavy atom. The highest BCUT2D eigenvalue weighted by Gasteiger charge is 2.68. The van der Waals surface area contributed by atoms with Crippen molar-refractivity contribution in [3.05, 3.63) is 29.0 Å². The highest BCUT2D eigenvalue weighted by atomic mass is 35.5. The summed E-state index contributed by atoms with van der Waals surface area (Å²) in [5.74, 6) is -0.863. The summed E-state index contributed by atoms with van der Waals surface area (Å²) in [7, 11) is 0. The number of carbonyl (C=O) groups excluding carboxylic acids is 2. The highest BCUT2D eigenvalue weighted by Crippen LogP contribution is 2.69. The minimum atomic E-state index is -4.65. The van der Waals surface area contributed by atoms with Crippen molar-refractivity contribution in [2.75, 3.05) is 13.2 Å². The van der Waals surface area contributed by atoms with Gasteiger partial charge in [-0.3, -0.25) is 14.3 Å². The lowest BCUT2D eigenvalue weighted by Crippen LogP contribution is -2.75. The maximum Gasteiger partial charge on any atom is 0.522 e. The Hall–Kier alpha value is -1.91. The van der Waals surface area contributed by atoms with Gasteiger partial charge in [0.2, 0.25) is 0 Å². The highest BCUT2D eigenvalue weighted by molar-refractivity contribution is 6.30. The number of Topliss-reactive ketones (excluding diaryl/α,β-unsaturated/α-hetero) is 1. The minimum absolute atomic E-state index is 0.0340. The van der Waals surface area contributed by atoms with Gasteiger partial charge in [-0.15, -0.1) is 13.2 Å². The normalized spacial score (nSPS) is 30.5. The Bertz CT molecular complexity index is 883. The summed E-state index contributed by atoms with van der Waals surface area (Å²) in [4.78, 5) is 24.3. The molecule has 1 N–H and O–H groups in total. The monoisotopic (exact) mass is 479 g/mol. The topological polar surface area (TPSA) is 73.9 Å². The molecule has 1 aromatic carbocycles. The van der Waals surface area contributed by atoms with Gasteiger partial charge >= 0.3 is 6.36 Å². The standard InChI is InChI=1S/C21H22ClF4NO5/c22-16-2-1-13(5-17(16)23)31-8-18(29)27-20-9-19(10-20,11-20)6-12(28)7-30-14-3-15(4-14)32-21(24,25)26/h1-2,5,14-15H,3-4,6-11H2,(H,27,29). The zero-order valence-corrected chi connectivity index (χ0v) is 17.7. The van der Waals surface area contributed by atoms with Crippen LogP contribution in [0.1, 0.15) is 38.5 Å². The predicted molar refractivity (Wildman–Crippen MR) is 104 cm³/mol. The first-order valence-corrected chi connectivity index (χ1v) is 10.6. The quantitative estimate of drug-likeness (QED) is 0.515. The van der Waals surface area contributed by atoms with Gasteiger partial charge in [-0.1, -0.05) is 11.6 Å². The molecule has 0 aliphatic heterocycles. The van der Waals surface area contributed by atoms with Gasteiger partial charge in [0.1, 0.15) is 18.2 Å². The second-order valence-electron chi connectivity index (χ2n) is 9.03. The fraction of sp³-hybridized carbons (Fsp3) is 0.619. The second kappa shape index (κ2) is 8.46. The van der Waals surface area contributed by atoms with E-state index in [-0.39, 0.29) is 65.6 Å². The molecule has 0 unspecified atom stereocenters. The third-order valence-corrected chi connectivity index (χ3v) is 6.52. The average molecular weight is 480 g/mol. The van der Waals surface area contributed by atoms with E-state index in [0.29, 0.717) is 25.7 Å². The average Bonchev–Trinajstić information content (AvgIpc) is 2.60. The lowest BCUT2D eigenvalue weighted by Gasteiger charge is -2.70. The SMILES string of the molecule is O=C(COC1CC(OC(F)(F)F)C1)CC12CC(NC(=O)COc3ccc(Cl)c(F)c3)(C1)C2. The van der Waals surface area contributed by atoms with Crippen LogP contribution in [0.3, 0.4) is 0 Å². The molecule has 0 heterocycles. The van der Waals surface area contributed by atoms with Crippen molar-refractivity contribution in [3.63, 3.8) is 0 Å². The van der Waals surface area contributed by atoms with Crippen LogP contribution in [0.15, 0.2) is 18.2 Å². The number of hydrogen-bond donors (Lipinski definition) is 1. The number of benzene rings is 1. The Morgan fingerprint density at radius 1 is 1.12 bits per heavy atom. The predicted octanol–water partition coefficient (Wildman–Crippen LogP) is 3.94. The molecular formula is C21H22ClF4NO5. The van der Waals surface area contributed by atoms with Gasteiger partial charge in [0.25, 0.3) is 5.91 Å². The number of ether oxygens (including phenoxy) is 3. The Kier molecular flexibility index (Phi) is 6.15. The maximum absolute atomic E-state index is 13.4. The molecule has 5 rings (SSSR count). The molecule has 4 saturated carbocycles.